The number of ether oxygens (including phenoxy) is 2. The highest BCUT2D eigenvalue weighted by Gasteiger charge is 2.38. The highest BCUT2D eigenvalue weighted by molar-refractivity contribution is 5.73. The predicted octanol–water partition coefficient (Wildman–Crippen LogP) is 1.17. The molecule has 1 aromatic rings. The number of rotatable bonds is 10. The zero-order valence-electron chi connectivity index (χ0n) is 20.1. The number of carbonyl (C=O) groups is 1. The zero-order chi connectivity index (χ0) is 23.1. The number of β-amino-alcohol motifs (C(OH)–C–C–N with tert-alkyl or cyclic N) is 1. The molecule has 0 aliphatic carbocycles. The minimum absolute atomic E-state index is 0.0401. The summed E-state index contributed by atoms with van der Waals surface area (Å²) in [6.45, 7) is 7.89. The summed E-state index contributed by atoms with van der Waals surface area (Å²) in [5.74, 6) is 1.55. The van der Waals surface area contributed by atoms with Crippen LogP contribution in [0.15, 0.2) is 18.2 Å². The number of hydrogen-bond acceptors (Lipinski definition) is 7. The van der Waals surface area contributed by atoms with Gasteiger partial charge in [-0.2, -0.15) is 0 Å². The highest BCUT2D eigenvalue weighted by Crippen LogP contribution is 2.30. The largest absolute Gasteiger partial charge is 0.493 e. The molecule has 0 unspecified atom stereocenters. The van der Waals surface area contributed by atoms with Gasteiger partial charge in [-0.3, -0.25) is 9.69 Å². The number of hydrogen-bond donors (Lipinski definition) is 2. The lowest BCUT2D eigenvalue weighted by atomic mass is 9.99. The molecule has 1 aromatic carbocycles. The van der Waals surface area contributed by atoms with Crippen LogP contribution < -0.4 is 14.8 Å². The Kier molecular flexibility index (Phi) is 8.76. The number of carbonyl (C=O) groups excluding carboxylic acids is 1. The fourth-order valence-corrected chi connectivity index (χ4v) is 4.67. The van der Waals surface area contributed by atoms with Crippen molar-refractivity contribution in [2.75, 3.05) is 67.1 Å². The van der Waals surface area contributed by atoms with E-state index in [2.05, 4.69) is 26.1 Å². The SMILES string of the molecule is COc1cc(CN2CC[C@@](O)(CN3CCC(NC(C)=O)CC3)C2)ccc1OCCN(C)C. The second-order valence-corrected chi connectivity index (χ2v) is 9.57. The summed E-state index contributed by atoms with van der Waals surface area (Å²) in [6, 6.07) is 6.36. The third-order valence-electron chi connectivity index (χ3n) is 6.35. The number of likely N-dealkylation sites (N-methyl/N-ethyl adjacent to an activating group) is 1. The standard InChI is InChI=1S/C24H40N4O4/c1-19(29)25-21-7-10-27(11-8-21)17-24(30)9-12-28(18-24)16-20-5-6-22(23(15-20)31-4)32-14-13-26(2)3/h5-6,15,21,30H,7-14,16-18H2,1-4H3,(H,25,29)/t24-/m1/s1. The van der Waals surface area contributed by atoms with Crippen LogP contribution in [-0.2, 0) is 11.3 Å². The van der Waals surface area contributed by atoms with Crippen LogP contribution in [0.3, 0.4) is 0 Å². The first kappa shape index (κ1) is 24.8. The lowest BCUT2D eigenvalue weighted by Crippen LogP contribution is -2.50. The van der Waals surface area contributed by atoms with Crippen LogP contribution >= 0.6 is 0 Å². The van der Waals surface area contributed by atoms with Gasteiger partial charge in [0.2, 0.25) is 5.91 Å². The lowest BCUT2D eigenvalue weighted by Gasteiger charge is -2.36. The van der Waals surface area contributed by atoms with E-state index in [4.69, 9.17) is 9.47 Å². The van der Waals surface area contributed by atoms with Gasteiger partial charge < -0.3 is 29.7 Å². The van der Waals surface area contributed by atoms with E-state index >= 15 is 0 Å². The second kappa shape index (κ2) is 11.3. The first-order chi connectivity index (χ1) is 15.3. The number of aliphatic hydroxyl groups is 1. The van der Waals surface area contributed by atoms with Crippen molar-refractivity contribution in [1.82, 2.24) is 20.0 Å². The summed E-state index contributed by atoms with van der Waals surface area (Å²) >= 11 is 0. The van der Waals surface area contributed by atoms with Crippen LogP contribution in [0.1, 0.15) is 31.7 Å². The zero-order valence-corrected chi connectivity index (χ0v) is 20.1. The number of nitrogens with one attached hydrogen (secondary N) is 1. The van der Waals surface area contributed by atoms with Crippen LogP contribution in [0.25, 0.3) is 0 Å². The van der Waals surface area contributed by atoms with E-state index in [1.54, 1.807) is 14.0 Å². The number of nitrogens with zero attached hydrogens (tertiary/aromatic N) is 3. The molecular formula is C24H40N4O4. The molecule has 0 aromatic heterocycles. The number of piperidine rings is 1. The van der Waals surface area contributed by atoms with Gasteiger partial charge in [0, 0.05) is 58.8 Å². The van der Waals surface area contributed by atoms with E-state index in [9.17, 15) is 9.90 Å². The van der Waals surface area contributed by atoms with Gasteiger partial charge in [-0.1, -0.05) is 6.07 Å². The van der Waals surface area contributed by atoms with E-state index in [1.165, 1.54) is 0 Å². The summed E-state index contributed by atoms with van der Waals surface area (Å²) < 4.78 is 11.4. The van der Waals surface area contributed by atoms with Crippen molar-refractivity contribution in [3.05, 3.63) is 23.8 Å². The Morgan fingerprint density at radius 3 is 2.62 bits per heavy atom. The third-order valence-corrected chi connectivity index (χ3v) is 6.35. The second-order valence-electron chi connectivity index (χ2n) is 9.57. The fourth-order valence-electron chi connectivity index (χ4n) is 4.67. The minimum atomic E-state index is -0.680. The molecule has 1 amide bonds. The molecule has 0 radical (unpaired) electrons. The van der Waals surface area contributed by atoms with E-state index in [0.717, 1.165) is 69.0 Å². The Labute approximate surface area is 192 Å². The Balaban J connectivity index is 1.48. The van der Waals surface area contributed by atoms with Gasteiger partial charge in [0.05, 0.1) is 12.7 Å². The van der Waals surface area contributed by atoms with Gasteiger partial charge in [-0.05, 0) is 51.1 Å². The number of amides is 1. The minimum Gasteiger partial charge on any atom is -0.493 e. The molecule has 3 rings (SSSR count). The summed E-state index contributed by atoms with van der Waals surface area (Å²) in [6.07, 6.45) is 2.67. The third kappa shape index (κ3) is 7.33. The average Bonchev–Trinajstić information content (AvgIpc) is 3.09. The van der Waals surface area contributed by atoms with Gasteiger partial charge in [-0.25, -0.2) is 0 Å². The first-order valence-electron chi connectivity index (χ1n) is 11.6. The quantitative estimate of drug-likeness (QED) is 0.556. The molecule has 2 N–H and O–H groups in total. The maximum absolute atomic E-state index is 11.3. The van der Waals surface area contributed by atoms with Crippen LogP contribution in [0.4, 0.5) is 0 Å². The van der Waals surface area contributed by atoms with Crippen molar-refractivity contribution in [3.63, 3.8) is 0 Å². The van der Waals surface area contributed by atoms with Crippen molar-refractivity contribution in [1.29, 1.82) is 0 Å². The predicted molar refractivity (Wildman–Crippen MR) is 125 cm³/mol. The molecule has 2 aliphatic rings. The van der Waals surface area contributed by atoms with Crippen molar-refractivity contribution in [3.8, 4) is 11.5 Å². The van der Waals surface area contributed by atoms with Crippen LogP contribution in [0.5, 0.6) is 11.5 Å². The molecule has 1 atom stereocenters. The summed E-state index contributed by atoms with van der Waals surface area (Å²) in [7, 11) is 5.71. The number of likely N-dealkylation sites (tertiary alicyclic amines) is 2. The smallest absolute Gasteiger partial charge is 0.217 e. The van der Waals surface area contributed by atoms with E-state index in [-0.39, 0.29) is 11.9 Å². The van der Waals surface area contributed by atoms with E-state index < -0.39 is 5.60 Å². The van der Waals surface area contributed by atoms with Crippen molar-refractivity contribution in [2.24, 2.45) is 0 Å². The maximum atomic E-state index is 11.3. The lowest BCUT2D eigenvalue weighted by molar-refractivity contribution is -0.120. The summed E-state index contributed by atoms with van der Waals surface area (Å²) in [5.41, 5.74) is 0.474. The Morgan fingerprint density at radius 1 is 1.22 bits per heavy atom. The molecule has 0 spiro atoms. The fraction of sp³-hybridized carbons (Fsp3) is 0.708. The Morgan fingerprint density at radius 2 is 1.97 bits per heavy atom. The Bertz CT molecular complexity index is 752. The molecule has 8 nitrogen and oxygen atoms in total. The van der Waals surface area contributed by atoms with Gasteiger partial charge >= 0.3 is 0 Å². The van der Waals surface area contributed by atoms with Gasteiger partial charge in [-0.15, -0.1) is 0 Å². The van der Waals surface area contributed by atoms with E-state index in [0.29, 0.717) is 19.7 Å². The normalized spacial score (nSPS) is 22.9. The van der Waals surface area contributed by atoms with Crippen LogP contribution in [-0.4, -0.2) is 104 Å². The molecule has 0 bridgehead atoms. The number of methoxy groups -OCH3 is 1. The van der Waals surface area contributed by atoms with Crippen molar-refractivity contribution in [2.45, 2.75) is 44.4 Å². The van der Waals surface area contributed by atoms with Gasteiger partial charge in [0.15, 0.2) is 11.5 Å². The topological polar surface area (TPSA) is 77.5 Å². The van der Waals surface area contributed by atoms with Crippen molar-refractivity contribution < 1.29 is 19.4 Å². The maximum Gasteiger partial charge on any atom is 0.217 e. The Hall–Kier alpha value is -1.87. The van der Waals surface area contributed by atoms with Gasteiger partial charge in [0.25, 0.3) is 0 Å². The molecule has 2 aliphatic heterocycles. The molecule has 180 valence electrons. The van der Waals surface area contributed by atoms with Gasteiger partial charge in [0.1, 0.15) is 6.61 Å². The van der Waals surface area contributed by atoms with E-state index in [1.807, 2.05) is 26.2 Å². The average molecular weight is 449 g/mol. The molecule has 2 fully saturated rings. The number of benzene rings is 1. The van der Waals surface area contributed by atoms with Crippen molar-refractivity contribution >= 4 is 5.91 Å². The molecule has 32 heavy (non-hydrogen) atoms. The monoisotopic (exact) mass is 448 g/mol. The first-order valence-corrected chi connectivity index (χ1v) is 11.6. The molecule has 0 saturated carbocycles. The molecule has 2 saturated heterocycles. The van der Waals surface area contributed by atoms with Crippen LogP contribution in [0, 0.1) is 0 Å². The molecule has 8 heteroatoms. The highest BCUT2D eigenvalue weighted by atomic mass is 16.5. The summed E-state index contributed by atoms with van der Waals surface area (Å²) in [5, 5.41) is 14.2. The summed E-state index contributed by atoms with van der Waals surface area (Å²) in [4.78, 5) is 18.0. The molecular weight excluding hydrogens is 408 g/mol. The molecule has 2 heterocycles. The van der Waals surface area contributed by atoms with Crippen LogP contribution in [0.2, 0.25) is 0 Å².